The molecule has 1 rings (SSSR count). The molecule has 1 aromatic carbocycles. The third-order valence-corrected chi connectivity index (χ3v) is 5.93. The first-order valence-corrected chi connectivity index (χ1v) is 7.29. The lowest BCUT2D eigenvalue weighted by Crippen LogP contribution is -1.97. The summed E-state index contributed by atoms with van der Waals surface area (Å²) in [7, 11) is 0. The summed E-state index contributed by atoms with van der Waals surface area (Å²) in [4.78, 5) is 0. The Morgan fingerprint density at radius 2 is 1.86 bits per heavy atom. The Labute approximate surface area is 129 Å². The van der Waals surface area contributed by atoms with Crippen LogP contribution in [0, 0.1) is 0 Å². The molecule has 0 radical (unpaired) electrons. The fraction of sp³-hybridized carbons (Fsp3) is 0.111. The molecule has 0 spiro atoms. The SMILES string of the molecule is Clc1ccccc1OCC(I)=C(I)I. The number of hydrogen-bond donors (Lipinski definition) is 0. The van der Waals surface area contributed by atoms with Gasteiger partial charge in [0.25, 0.3) is 0 Å². The summed E-state index contributed by atoms with van der Waals surface area (Å²) in [5, 5.41) is 0.653. The summed E-state index contributed by atoms with van der Waals surface area (Å²) in [6, 6.07) is 7.49. The Morgan fingerprint density at radius 3 is 2.43 bits per heavy atom. The van der Waals surface area contributed by atoms with Crippen LogP contribution in [0.5, 0.6) is 5.75 Å². The minimum Gasteiger partial charge on any atom is -0.487 e. The molecule has 1 aromatic rings. The Kier molecular flexibility index (Phi) is 6.41. The maximum Gasteiger partial charge on any atom is 0.138 e. The molecule has 0 aliphatic carbocycles. The van der Waals surface area contributed by atoms with E-state index in [2.05, 4.69) is 67.8 Å². The van der Waals surface area contributed by atoms with Crippen LogP contribution in [-0.4, -0.2) is 6.61 Å². The number of ether oxygens (including phenoxy) is 1. The zero-order chi connectivity index (χ0) is 10.6. The first kappa shape index (κ1) is 13.3. The molecule has 1 nitrogen and oxygen atoms in total. The van der Waals surface area contributed by atoms with Crippen molar-refractivity contribution in [3.8, 4) is 5.75 Å². The number of benzene rings is 1. The second-order valence-electron chi connectivity index (χ2n) is 2.38. The molecule has 0 aliphatic heterocycles. The molecule has 14 heavy (non-hydrogen) atoms. The van der Waals surface area contributed by atoms with Gasteiger partial charge in [-0.1, -0.05) is 23.7 Å². The highest BCUT2D eigenvalue weighted by molar-refractivity contribution is 14.2. The van der Waals surface area contributed by atoms with Crippen LogP contribution in [0.15, 0.2) is 29.4 Å². The van der Waals surface area contributed by atoms with E-state index in [4.69, 9.17) is 16.3 Å². The number of halogens is 4. The maximum atomic E-state index is 5.94. The van der Waals surface area contributed by atoms with Gasteiger partial charge in [-0.15, -0.1) is 0 Å². The second-order valence-corrected chi connectivity index (χ2v) is 8.32. The smallest absolute Gasteiger partial charge is 0.138 e. The molecular formula is C9H6ClI3O. The van der Waals surface area contributed by atoms with Crippen LogP contribution >= 0.6 is 79.4 Å². The molecule has 0 aliphatic rings. The van der Waals surface area contributed by atoms with Crippen LogP contribution in [0.25, 0.3) is 0 Å². The summed E-state index contributed by atoms with van der Waals surface area (Å²) in [6.45, 7) is 0.575. The van der Waals surface area contributed by atoms with Crippen molar-refractivity contribution >= 4 is 79.4 Å². The van der Waals surface area contributed by atoms with Crippen molar-refractivity contribution in [3.05, 3.63) is 34.5 Å². The van der Waals surface area contributed by atoms with Gasteiger partial charge in [-0.3, -0.25) is 0 Å². The molecule has 0 atom stereocenters. The van der Waals surface area contributed by atoms with E-state index in [1.54, 1.807) is 0 Å². The zero-order valence-corrected chi connectivity index (χ0v) is 14.2. The zero-order valence-electron chi connectivity index (χ0n) is 6.94. The highest BCUT2D eigenvalue weighted by Gasteiger charge is 2.02. The van der Waals surface area contributed by atoms with Crippen molar-refractivity contribution in [2.45, 2.75) is 0 Å². The molecule has 0 heterocycles. The molecule has 0 amide bonds. The highest BCUT2D eigenvalue weighted by atomic mass is 127. The van der Waals surface area contributed by atoms with Gasteiger partial charge in [0.15, 0.2) is 0 Å². The molecule has 0 saturated heterocycles. The van der Waals surface area contributed by atoms with Crippen molar-refractivity contribution in [3.63, 3.8) is 0 Å². The third kappa shape index (κ3) is 4.40. The van der Waals surface area contributed by atoms with E-state index in [-0.39, 0.29) is 0 Å². The monoisotopic (exact) mass is 546 g/mol. The Balaban J connectivity index is 2.63. The van der Waals surface area contributed by atoms with E-state index in [1.165, 1.54) is 5.17 Å². The molecular weight excluding hydrogens is 540 g/mol. The summed E-state index contributed by atoms with van der Waals surface area (Å²) < 4.78 is 7.95. The molecule has 0 saturated carbocycles. The normalized spacial score (nSPS) is 9.71. The fourth-order valence-electron chi connectivity index (χ4n) is 0.757. The van der Waals surface area contributed by atoms with Crippen molar-refractivity contribution in [1.82, 2.24) is 0 Å². The molecule has 0 fully saturated rings. The lowest BCUT2D eigenvalue weighted by Gasteiger charge is -2.07. The van der Waals surface area contributed by atoms with Crippen LogP contribution in [-0.2, 0) is 0 Å². The second kappa shape index (κ2) is 6.74. The standard InChI is InChI=1S/C9H6ClI3O/c10-6-3-1-2-4-8(6)14-5-7(11)9(12)13/h1-4H,5H2. The summed E-state index contributed by atoms with van der Waals surface area (Å²) in [6.07, 6.45) is 0. The first-order chi connectivity index (χ1) is 6.61. The van der Waals surface area contributed by atoms with Gasteiger partial charge in [-0.2, -0.15) is 0 Å². The Bertz CT molecular complexity index is 348. The molecule has 0 bridgehead atoms. The van der Waals surface area contributed by atoms with Gasteiger partial charge < -0.3 is 4.74 Å². The maximum absolute atomic E-state index is 5.94. The van der Waals surface area contributed by atoms with E-state index < -0.39 is 0 Å². The summed E-state index contributed by atoms with van der Waals surface area (Å²) >= 11 is 12.7. The third-order valence-electron chi connectivity index (χ3n) is 1.40. The Hall–Kier alpha value is 1.24. The van der Waals surface area contributed by atoms with Crippen LogP contribution in [0.4, 0.5) is 0 Å². The van der Waals surface area contributed by atoms with Crippen molar-refractivity contribution in [2.75, 3.05) is 6.61 Å². The fourth-order valence-corrected chi connectivity index (χ4v) is 1.41. The average molecular weight is 546 g/mol. The largest absolute Gasteiger partial charge is 0.487 e. The number of para-hydroxylation sites is 1. The molecule has 76 valence electrons. The summed E-state index contributed by atoms with van der Waals surface area (Å²) in [5.74, 6) is 0.734. The Morgan fingerprint density at radius 1 is 1.21 bits per heavy atom. The van der Waals surface area contributed by atoms with E-state index in [0.717, 1.165) is 5.75 Å². The molecule has 0 unspecified atom stereocenters. The molecule has 0 aromatic heterocycles. The van der Waals surface area contributed by atoms with Crippen LogP contribution < -0.4 is 4.74 Å². The van der Waals surface area contributed by atoms with Crippen LogP contribution in [0.2, 0.25) is 5.02 Å². The van der Waals surface area contributed by atoms with Crippen LogP contribution in [0.3, 0.4) is 0 Å². The predicted octanol–water partition coefficient (Wildman–Crippen LogP) is 5.19. The van der Waals surface area contributed by atoms with Crippen molar-refractivity contribution < 1.29 is 4.74 Å². The predicted molar refractivity (Wildman–Crippen MR) is 86.0 cm³/mol. The minimum atomic E-state index is 0.575. The van der Waals surface area contributed by atoms with E-state index in [9.17, 15) is 0 Å². The topological polar surface area (TPSA) is 9.23 Å². The molecule has 5 heteroatoms. The highest BCUT2D eigenvalue weighted by Crippen LogP contribution is 2.28. The van der Waals surface area contributed by atoms with Gasteiger partial charge in [-0.05, 0) is 79.9 Å². The summed E-state index contributed by atoms with van der Waals surface area (Å²) in [5.41, 5.74) is 0. The lowest BCUT2D eigenvalue weighted by molar-refractivity contribution is 0.362. The minimum absolute atomic E-state index is 0.575. The van der Waals surface area contributed by atoms with E-state index >= 15 is 0 Å². The van der Waals surface area contributed by atoms with Gasteiger partial charge in [-0.25, -0.2) is 0 Å². The lowest BCUT2D eigenvalue weighted by atomic mass is 10.3. The molecule has 0 N–H and O–H groups in total. The van der Waals surface area contributed by atoms with E-state index in [1.807, 2.05) is 24.3 Å². The number of hydrogen-bond acceptors (Lipinski definition) is 1. The van der Waals surface area contributed by atoms with E-state index in [0.29, 0.717) is 11.6 Å². The van der Waals surface area contributed by atoms with Gasteiger partial charge in [0.1, 0.15) is 12.4 Å². The van der Waals surface area contributed by atoms with Gasteiger partial charge in [0, 0.05) is 3.58 Å². The van der Waals surface area contributed by atoms with Crippen molar-refractivity contribution in [1.29, 1.82) is 0 Å². The van der Waals surface area contributed by atoms with Crippen LogP contribution in [0.1, 0.15) is 0 Å². The first-order valence-electron chi connectivity index (χ1n) is 3.68. The number of rotatable bonds is 3. The quantitative estimate of drug-likeness (QED) is 0.475. The van der Waals surface area contributed by atoms with Gasteiger partial charge in [0.2, 0.25) is 0 Å². The van der Waals surface area contributed by atoms with Gasteiger partial charge in [0.05, 0.1) is 6.61 Å². The average Bonchev–Trinajstić information content (AvgIpc) is 2.16. The van der Waals surface area contributed by atoms with Gasteiger partial charge >= 0.3 is 0 Å². The van der Waals surface area contributed by atoms with Crippen molar-refractivity contribution in [2.24, 2.45) is 0 Å².